The molecule has 1 aliphatic rings. The van der Waals surface area contributed by atoms with Crippen molar-refractivity contribution in [2.45, 2.75) is 12.6 Å². The SMILES string of the molecule is COc1cccc(C2/C(=C(\O)c3cc(Cl)c(OC)cc3OC)C(=O)C(=O)N2Cc2ccncc2)c1. The second kappa shape index (κ2) is 10.1. The number of carbonyl (C=O) groups excluding carboxylic acids is 2. The number of hydrogen-bond donors (Lipinski definition) is 1. The van der Waals surface area contributed by atoms with Gasteiger partial charge < -0.3 is 24.2 Å². The van der Waals surface area contributed by atoms with Crippen molar-refractivity contribution in [2.24, 2.45) is 0 Å². The van der Waals surface area contributed by atoms with Gasteiger partial charge in [0.05, 0.1) is 43.5 Å². The fourth-order valence-electron chi connectivity index (χ4n) is 4.08. The molecule has 0 saturated carbocycles. The van der Waals surface area contributed by atoms with Crippen LogP contribution >= 0.6 is 11.6 Å². The number of aliphatic hydroxyl groups excluding tert-OH is 1. The van der Waals surface area contributed by atoms with Crippen LogP contribution in [0.1, 0.15) is 22.7 Å². The van der Waals surface area contributed by atoms with Crippen molar-refractivity contribution < 1.29 is 28.9 Å². The molecule has 1 fully saturated rings. The van der Waals surface area contributed by atoms with Gasteiger partial charge in [0.1, 0.15) is 23.0 Å². The molecule has 2 aromatic carbocycles. The molecule has 2 heterocycles. The zero-order valence-corrected chi connectivity index (χ0v) is 20.1. The van der Waals surface area contributed by atoms with Crippen LogP contribution in [0.5, 0.6) is 17.2 Å². The molecule has 1 N–H and O–H groups in total. The topological polar surface area (TPSA) is 98.2 Å². The summed E-state index contributed by atoms with van der Waals surface area (Å²) >= 11 is 6.30. The van der Waals surface area contributed by atoms with Crippen LogP contribution in [-0.2, 0) is 16.1 Å². The van der Waals surface area contributed by atoms with E-state index in [-0.39, 0.29) is 28.5 Å². The number of Topliss-reactive ketones (excluding diaryl/α,β-unsaturated/α-hetero) is 1. The maximum atomic E-state index is 13.3. The Kier molecular flexibility index (Phi) is 6.93. The van der Waals surface area contributed by atoms with Crippen molar-refractivity contribution in [1.29, 1.82) is 0 Å². The number of benzene rings is 2. The van der Waals surface area contributed by atoms with E-state index in [1.165, 1.54) is 38.4 Å². The molecule has 1 aromatic heterocycles. The highest BCUT2D eigenvalue weighted by Gasteiger charge is 2.46. The van der Waals surface area contributed by atoms with Gasteiger partial charge in [-0.05, 0) is 41.5 Å². The first-order chi connectivity index (χ1) is 16.9. The summed E-state index contributed by atoms with van der Waals surface area (Å²) in [7, 11) is 4.39. The Bertz CT molecular complexity index is 1310. The van der Waals surface area contributed by atoms with Gasteiger partial charge in [0.25, 0.3) is 11.7 Å². The molecule has 1 atom stereocenters. The molecule has 1 saturated heterocycles. The number of ketones is 1. The number of ether oxygens (including phenoxy) is 3. The first kappa shape index (κ1) is 24.1. The molecule has 0 aliphatic carbocycles. The van der Waals surface area contributed by atoms with E-state index in [0.29, 0.717) is 17.1 Å². The predicted molar refractivity (Wildman–Crippen MR) is 130 cm³/mol. The molecule has 180 valence electrons. The van der Waals surface area contributed by atoms with E-state index in [4.69, 9.17) is 25.8 Å². The average Bonchev–Trinajstić information content (AvgIpc) is 3.13. The van der Waals surface area contributed by atoms with Crippen molar-refractivity contribution in [3.63, 3.8) is 0 Å². The highest BCUT2D eigenvalue weighted by atomic mass is 35.5. The average molecular weight is 495 g/mol. The van der Waals surface area contributed by atoms with E-state index in [2.05, 4.69) is 4.98 Å². The Morgan fingerprint density at radius 1 is 1.00 bits per heavy atom. The minimum atomic E-state index is -0.885. The van der Waals surface area contributed by atoms with Crippen molar-refractivity contribution >= 4 is 29.1 Å². The van der Waals surface area contributed by atoms with E-state index in [9.17, 15) is 14.7 Å². The van der Waals surface area contributed by atoms with Gasteiger partial charge >= 0.3 is 0 Å². The third-order valence-electron chi connectivity index (χ3n) is 5.78. The number of carbonyl (C=O) groups is 2. The number of aromatic nitrogens is 1. The van der Waals surface area contributed by atoms with Gasteiger partial charge in [0, 0.05) is 25.0 Å². The maximum Gasteiger partial charge on any atom is 0.295 e. The fourth-order valence-corrected chi connectivity index (χ4v) is 4.32. The maximum absolute atomic E-state index is 13.3. The first-order valence-corrected chi connectivity index (χ1v) is 11.0. The molecular formula is C26H23ClN2O6. The van der Waals surface area contributed by atoms with E-state index in [1.54, 1.807) is 48.8 Å². The molecule has 0 spiro atoms. The molecule has 1 aliphatic heterocycles. The van der Waals surface area contributed by atoms with Crippen molar-refractivity contribution in [3.05, 3.63) is 88.2 Å². The predicted octanol–water partition coefficient (Wildman–Crippen LogP) is 4.38. The number of hydrogen-bond acceptors (Lipinski definition) is 7. The molecule has 0 bridgehead atoms. The molecule has 1 amide bonds. The Labute approximate surface area is 207 Å². The summed E-state index contributed by atoms with van der Waals surface area (Å²) in [6.45, 7) is 0.131. The minimum Gasteiger partial charge on any atom is -0.507 e. The molecule has 0 radical (unpaired) electrons. The second-order valence-corrected chi connectivity index (χ2v) is 8.15. The van der Waals surface area contributed by atoms with E-state index in [1.807, 2.05) is 0 Å². The van der Waals surface area contributed by atoms with Gasteiger partial charge in [-0.2, -0.15) is 0 Å². The van der Waals surface area contributed by atoms with E-state index in [0.717, 1.165) is 5.56 Å². The van der Waals surface area contributed by atoms with Crippen molar-refractivity contribution in [1.82, 2.24) is 9.88 Å². The molecule has 35 heavy (non-hydrogen) atoms. The van der Waals surface area contributed by atoms with Gasteiger partial charge in [-0.25, -0.2) is 0 Å². The van der Waals surface area contributed by atoms with Crippen molar-refractivity contribution in [3.8, 4) is 17.2 Å². The Hall–Kier alpha value is -4.04. The van der Waals surface area contributed by atoms with Crippen LogP contribution in [0, 0.1) is 0 Å². The highest BCUT2D eigenvalue weighted by molar-refractivity contribution is 6.46. The first-order valence-electron chi connectivity index (χ1n) is 10.6. The van der Waals surface area contributed by atoms with E-state index >= 15 is 0 Å². The van der Waals surface area contributed by atoms with Crippen LogP contribution in [0.15, 0.2) is 66.5 Å². The lowest BCUT2D eigenvalue weighted by Crippen LogP contribution is -2.29. The molecule has 9 heteroatoms. The minimum absolute atomic E-state index is 0.0863. The summed E-state index contributed by atoms with van der Waals surface area (Å²) in [5.74, 6) is -0.860. The Morgan fingerprint density at radius 2 is 1.71 bits per heavy atom. The van der Waals surface area contributed by atoms with Crippen LogP contribution in [-0.4, -0.2) is 48.0 Å². The third-order valence-corrected chi connectivity index (χ3v) is 6.08. The van der Waals surface area contributed by atoms with Crippen LogP contribution in [0.4, 0.5) is 0 Å². The summed E-state index contributed by atoms with van der Waals surface area (Å²) < 4.78 is 16.0. The highest BCUT2D eigenvalue weighted by Crippen LogP contribution is 2.44. The number of pyridine rings is 1. The van der Waals surface area contributed by atoms with Crippen LogP contribution < -0.4 is 14.2 Å². The fraction of sp³-hybridized carbons (Fsp3) is 0.192. The van der Waals surface area contributed by atoms with Crippen molar-refractivity contribution in [2.75, 3.05) is 21.3 Å². The smallest absolute Gasteiger partial charge is 0.295 e. The zero-order valence-electron chi connectivity index (χ0n) is 19.3. The summed E-state index contributed by atoms with van der Waals surface area (Å²) in [6, 6.07) is 12.6. The number of rotatable bonds is 7. The number of likely N-dealkylation sites (tertiary alicyclic amines) is 1. The number of halogens is 1. The lowest BCUT2D eigenvalue weighted by molar-refractivity contribution is -0.140. The van der Waals surface area contributed by atoms with Gasteiger partial charge in [-0.15, -0.1) is 0 Å². The normalized spacial score (nSPS) is 16.9. The quantitative estimate of drug-likeness (QED) is 0.295. The van der Waals surface area contributed by atoms with Gasteiger partial charge in [-0.1, -0.05) is 23.7 Å². The number of methoxy groups -OCH3 is 3. The van der Waals surface area contributed by atoms with Crippen LogP contribution in [0.25, 0.3) is 5.76 Å². The van der Waals surface area contributed by atoms with Crippen LogP contribution in [0.2, 0.25) is 5.02 Å². The molecule has 4 rings (SSSR count). The third kappa shape index (κ3) is 4.52. The molecule has 3 aromatic rings. The molecule has 8 nitrogen and oxygen atoms in total. The van der Waals surface area contributed by atoms with Gasteiger partial charge in [0.2, 0.25) is 0 Å². The molecule has 1 unspecified atom stereocenters. The number of nitrogens with zero attached hydrogens (tertiary/aromatic N) is 2. The van der Waals surface area contributed by atoms with Crippen LogP contribution in [0.3, 0.4) is 0 Å². The Balaban J connectivity index is 1.93. The summed E-state index contributed by atoms with van der Waals surface area (Å²) in [5, 5.41) is 11.6. The summed E-state index contributed by atoms with van der Waals surface area (Å²) in [4.78, 5) is 32.0. The van der Waals surface area contributed by atoms with E-state index < -0.39 is 23.5 Å². The summed E-state index contributed by atoms with van der Waals surface area (Å²) in [6.07, 6.45) is 3.22. The number of amides is 1. The molecular weight excluding hydrogens is 472 g/mol. The second-order valence-electron chi connectivity index (χ2n) is 7.75. The van der Waals surface area contributed by atoms with Gasteiger partial charge in [-0.3, -0.25) is 14.6 Å². The standard InChI is InChI=1S/C26H23ClN2O6/c1-33-17-6-4-5-16(11-17)23-22(24(30)18-12-19(27)21(35-3)13-20(18)34-2)25(31)26(32)29(23)14-15-7-9-28-10-8-15/h4-13,23,30H,14H2,1-3H3/b24-22+. The lowest BCUT2D eigenvalue weighted by Gasteiger charge is -2.26. The summed E-state index contributed by atoms with van der Waals surface area (Å²) in [5.41, 5.74) is 1.45. The monoisotopic (exact) mass is 494 g/mol. The lowest BCUT2D eigenvalue weighted by atomic mass is 9.94. The zero-order chi connectivity index (χ0) is 25.1. The van der Waals surface area contributed by atoms with Gasteiger partial charge in [0.15, 0.2) is 0 Å². The Morgan fingerprint density at radius 3 is 2.37 bits per heavy atom. The number of aliphatic hydroxyl groups is 1. The largest absolute Gasteiger partial charge is 0.507 e.